The molecule has 0 radical (unpaired) electrons. The van der Waals surface area contributed by atoms with Gasteiger partial charge in [0.15, 0.2) is 0 Å². The maximum Gasteiger partial charge on any atom is 0.250 e. The zero-order chi connectivity index (χ0) is 18.0. The first kappa shape index (κ1) is 17.3. The van der Waals surface area contributed by atoms with Crippen LogP contribution >= 0.6 is 11.6 Å². The summed E-state index contributed by atoms with van der Waals surface area (Å²) < 4.78 is 0. The van der Waals surface area contributed by atoms with E-state index in [0.717, 1.165) is 18.5 Å². The van der Waals surface area contributed by atoms with Gasteiger partial charge in [-0.1, -0.05) is 29.8 Å². The number of primary amides is 1. The van der Waals surface area contributed by atoms with Crippen molar-refractivity contribution in [1.82, 2.24) is 0 Å². The fourth-order valence-corrected chi connectivity index (χ4v) is 3.43. The van der Waals surface area contributed by atoms with Gasteiger partial charge in [-0.3, -0.25) is 9.59 Å². The second-order valence-electron chi connectivity index (χ2n) is 6.19. The molecule has 0 saturated heterocycles. The summed E-state index contributed by atoms with van der Waals surface area (Å²) in [6.07, 6.45) is 1.93. The summed E-state index contributed by atoms with van der Waals surface area (Å²) in [5.41, 5.74) is 8.35. The molecule has 2 aromatic carbocycles. The second-order valence-corrected chi connectivity index (χ2v) is 6.60. The van der Waals surface area contributed by atoms with Gasteiger partial charge in [0.05, 0.1) is 17.1 Å². The maximum atomic E-state index is 12.8. The molecule has 1 unspecified atom stereocenters. The van der Waals surface area contributed by atoms with E-state index in [4.69, 9.17) is 17.3 Å². The zero-order valence-corrected chi connectivity index (χ0v) is 14.7. The van der Waals surface area contributed by atoms with E-state index in [9.17, 15) is 9.59 Å². The molecule has 0 saturated carbocycles. The molecular weight excluding hydrogens is 338 g/mol. The molecule has 1 aliphatic heterocycles. The quantitative estimate of drug-likeness (QED) is 0.882. The molecule has 3 N–H and O–H groups in total. The Hall–Kier alpha value is -2.53. The summed E-state index contributed by atoms with van der Waals surface area (Å²) in [4.78, 5) is 25.8. The highest BCUT2D eigenvalue weighted by Gasteiger charge is 2.27. The number of rotatable bonds is 4. The third-order valence-corrected chi connectivity index (χ3v) is 4.78. The number of aryl methyl sites for hydroxylation is 1. The van der Waals surface area contributed by atoms with Crippen molar-refractivity contribution in [2.24, 2.45) is 5.73 Å². The Morgan fingerprint density at radius 2 is 2.04 bits per heavy atom. The van der Waals surface area contributed by atoms with Crippen molar-refractivity contribution in [2.75, 3.05) is 16.8 Å². The Morgan fingerprint density at radius 3 is 2.76 bits per heavy atom. The standard InChI is InChI=1S/C19H20ClN3O2/c1-12-6-7-13-4-2-3-5-17(13)23(12)18(24)11-22-14-8-9-15(19(21)25)16(20)10-14/h2-5,8-10,12,22H,6-7,11H2,1H3,(H2,21,25). The van der Waals surface area contributed by atoms with Crippen molar-refractivity contribution in [1.29, 1.82) is 0 Å². The molecule has 1 heterocycles. The van der Waals surface area contributed by atoms with Crippen molar-refractivity contribution in [3.63, 3.8) is 0 Å². The first-order valence-corrected chi connectivity index (χ1v) is 8.58. The van der Waals surface area contributed by atoms with Gasteiger partial charge in [-0.25, -0.2) is 0 Å². The van der Waals surface area contributed by atoms with Gasteiger partial charge in [0.2, 0.25) is 11.8 Å². The molecule has 0 fully saturated rings. The average Bonchev–Trinajstić information content (AvgIpc) is 2.59. The predicted molar refractivity (Wildman–Crippen MR) is 100 cm³/mol. The Morgan fingerprint density at radius 1 is 1.28 bits per heavy atom. The van der Waals surface area contributed by atoms with Crippen LogP contribution in [0.2, 0.25) is 5.02 Å². The number of nitrogens with two attached hydrogens (primary N) is 1. The minimum atomic E-state index is -0.577. The summed E-state index contributed by atoms with van der Waals surface area (Å²) >= 11 is 6.04. The average molecular weight is 358 g/mol. The number of para-hydroxylation sites is 1. The number of anilines is 2. The highest BCUT2D eigenvalue weighted by molar-refractivity contribution is 6.34. The van der Waals surface area contributed by atoms with Gasteiger partial charge in [-0.2, -0.15) is 0 Å². The molecule has 1 aliphatic rings. The molecule has 25 heavy (non-hydrogen) atoms. The van der Waals surface area contributed by atoms with Crippen molar-refractivity contribution in [2.45, 2.75) is 25.8 Å². The molecule has 5 nitrogen and oxygen atoms in total. The smallest absolute Gasteiger partial charge is 0.250 e. The number of fused-ring (bicyclic) bond motifs is 1. The molecule has 2 aromatic rings. The Kier molecular flexibility index (Phi) is 4.95. The second kappa shape index (κ2) is 7.15. The Labute approximate surface area is 151 Å². The van der Waals surface area contributed by atoms with Crippen LogP contribution in [-0.2, 0) is 11.2 Å². The van der Waals surface area contributed by atoms with E-state index in [1.165, 1.54) is 5.56 Å². The van der Waals surface area contributed by atoms with Gasteiger partial charge in [0.25, 0.3) is 0 Å². The monoisotopic (exact) mass is 357 g/mol. The van der Waals surface area contributed by atoms with Crippen molar-refractivity contribution < 1.29 is 9.59 Å². The summed E-state index contributed by atoms with van der Waals surface area (Å²) in [7, 11) is 0. The summed E-state index contributed by atoms with van der Waals surface area (Å²) in [5, 5.41) is 3.34. The number of hydrogen-bond donors (Lipinski definition) is 2. The number of hydrogen-bond acceptors (Lipinski definition) is 3. The van der Waals surface area contributed by atoms with Gasteiger partial charge in [0.1, 0.15) is 0 Å². The minimum Gasteiger partial charge on any atom is -0.376 e. The first-order valence-electron chi connectivity index (χ1n) is 8.20. The topological polar surface area (TPSA) is 75.4 Å². The fourth-order valence-electron chi connectivity index (χ4n) is 3.16. The van der Waals surface area contributed by atoms with Crippen LogP contribution in [-0.4, -0.2) is 24.4 Å². The maximum absolute atomic E-state index is 12.8. The molecule has 3 rings (SSSR count). The van der Waals surface area contributed by atoms with Crippen molar-refractivity contribution >= 4 is 34.8 Å². The van der Waals surface area contributed by atoms with E-state index in [-0.39, 0.29) is 29.1 Å². The Bertz CT molecular complexity index is 822. The summed E-state index contributed by atoms with van der Waals surface area (Å²) in [5.74, 6) is -0.582. The molecule has 0 aliphatic carbocycles. The fraction of sp³-hybridized carbons (Fsp3) is 0.263. The van der Waals surface area contributed by atoms with Crippen LogP contribution in [0.4, 0.5) is 11.4 Å². The zero-order valence-electron chi connectivity index (χ0n) is 14.0. The third kappa shape index (κ3) is 3.61. The van der Waals surface area contributed by atoms with Crippen LogP contribution < -0.4 is 16.0 Å². The van der Waals surface area contributed by atoms with E-state index in [0.29, 0.717) is 5.69 Å². The molecular formula is C19H20ClN3O2. The highest BCUT2D eigenvalue weighted by atomic mass is 35.5. The molecule has 1 atom stereocenters. The number of nitrogens with one attached hydrogen (secondary N) is 1. The molecule has 0 bridgehead atoms. The van der Waals surface area contributed by atoms with Gasteiger partial charge in [-0.15, -0.1) is 0 Å². The van der Waals surface area contributed by atoms with E-state index >= 15 is 0 Å². The summed E-state index contributed by atoms with van der Waals surface area (Å²) in [6.45, 7) is 2.21. The number of halogens is 1. The summed E-state index contributed by atoms with van der Waals surface area (Å²) in [6, 6.07) is 13.0. The van der Waals surface area contributed by atoms with Crippen molar-refractivity contribution in [3.8, 4) is 0 Å². The van der Waals surface area contributed by atoms with Crippen LogP contribution in [0.3, 0.4) is 0 Å². The largest absolute Gasteiger partial charge is 0.376 e. The third-order valence-electron chi connectivity index (χ3n) is 4.47. The van der Waals surface area contributed by atoms with Gasteiger partial charge in [0, 0.05) is 17.4 Å². The lowest BCUT2D eigenvalue weighted by Gasteiger charge is -2.35. The molecule has 6 heteroatoms. The highest BCUT2D eigenvalue weighted by Crippen LogP contribution is 2.30. The Balaban J connectivity index is 1.73. The number of benzene rings is 2. The lowest BCUT2D eigenvalue weighted by molar-refractivity contribution is -0.117. The predicted octanol–water partition coefficient (Wildman–Crippen LogP) is 3.22. The number of carbonyl (C=O) groups is 2. The van der Waals surface area contributed by atoms with E-state index in [2.05, 4.69) is 18.3 Å². The number of carbonyl (C=O) groups excluding carboxylic acids is 2. The van der Waals surface area contributed by atoms with E-state index in [1.54, 1.807) is 18.2 Å². The molecule has 0 aromatic heterocycles. The van der Waals surface area contributed by atoms with Crippen LogP contribution in [0.5, 0.6) is 0 Å². The van der Waals surface area contributed by atoms with Crippen LogP contribution in [0.15, 0.2) is 42.5 Å². The van der Waals surface area contributed by atoms with Crippen LogP contribution in [0, 0.1) is 0 Å². The van der Waals surface area contributed by atoms with Gasteiger partial charge < -0.3 is 16.0 Å². The van der Waals surface area contributed by atoms with Crippen LogP contribution in [0.25, 0.3) is 0 Å². The van der Waals surface area contributed by atoms with Crippen LogP contribution in [0.1, 0.15) is 29.3 Å². The van der Waals surface area contributed by atoms with Gasteiger partial charge in [-0.05, 0) is 49.6 Å². The van der Waals surface area contributed by atoms with E-state index < -0.39 is 5.91 Å². The normalized spacial score (nSPS) is 16.2. The SMILES string of the molecule is CC1CCc2ccccc2N1C(=O)CNc1ccc(C(N)=O)c(Cl)c1. The van der Waals surface area contributed by atoms with Gasteiger partial charge >= 0.3 is 0 Å². The first-order chi connectivity index (χ1) is 12.0. The van der Waals surface area contributed by atoms with Crippen molar-refractivity contribution in [3.05, 3.63) is 58.6 Å². The molecule has 0 spiro atoms. The lowest BCUT2D eigenvalue weighted by Crippen LogP contribution is -2.44. The minimum absolute atomic E-state index is 0.00486. The molecule has 130 valence electrons. The number of amides is 2. The molecule has 2 amide bonds. The van der Waals surface area contributed by atoms with E-state index in [1.807, 2.05) is 23.1 Å². The lowest BCUT2D eigenvalue weighted by atomic mass is 9.96. The number of nitrogens with zero attached hydrogens (tertiary/aromatic N) is 1.